The number of hydrogen-bond acceptors (Lipinski definition) is 4. The lowest BCUT2D eigenvalue weighted by atomic mass is 10.1. The Morgan fingerprint density at radius 3 is 2.42 bits per heavy atom. The van der Waals surface area contributed by atoms with E-state index < -0.39 is 0 Å². The molecule has 1 amide bonds. The molecular formula is C20H24ClNO4. The first-order chi connectivity index (χ1) is 12.5. The molecule has 2 aromatic rings. The van der Waals surface area contributed by atoms with E-state index >= 15 is 0 Å². The van der Waals surface area contributed by atoms with Crippen molar-refractivity contribution in [3.05, 3.63) is 53.1 Å². The van der Waals surface area contributed by atoms with Crippen LogP contribution >= 0.6 is 11.6 Å². The quantitative estimate of drug-likeness (QED) is 0.658. The van der Waals surface area contributed by atoms with Gasteiger partial charge in [0.05, 0.1) is 26.9 Å². The highest BCUT2D eigenvalue weighted by atomic mass is 35.5. The number of methoxy groups -OCH3 is 2. The molecule has 0 saturated heterocycles. The standard InChI is InChI=1S/C20H24ClNO4/c1-14(18-13-17(24-2)10-11-19(18)25-3)22-20(23)5-4-12-26-16-8-6-15(21)7-9-16/h6-11,13-14H,4-5,12H2,1-3H3,(H,22,23). The Bertz CT molecular complexity index is 718. The number of amides is 1. The summed E-state index contributed by atoms with van der Waals surface area (Å²) in [6.45, 7) is 2.38. The van der Waals surface area contributed by atoms with Crippen LogP contribution in [0, 0.1) is 0 Å². The summed E-state index contributed by atoms with van der Waals surface area (Å²) in [6.07, 6.45) is 1.00. The lowest BCUT2D eigenvalue weighted by Crippen LogP contribution is -2.27. The molecule has 1 atom stereocenters. The summed E-state index contributed by atoms with van der Waals surface area (Å²) in [5, 5.41) is 3.65. The van der Waals surface area contributed by atoms with Crippen LogP contribution in [0.15, 0.2) is 42.5 Å². The molecule has 0 aliphatic heterocycles. The zero-order valence-electron chi connectivity index (χ0n) is 15.3. The number of carbonyl (C=O) groups excluding carboxylic acids is 1. The van der Waals surface area contributed by atoms with Gasteiger partial charge >= 0.3 is 0 Å². The first-order valence-corrected chi connectivity index (χ1v) is 8.81. The summed E-state index contributed by atoms with van der Waals surface area (Å²) in [6, 6.07) is 12.5. The average molecular weight is 378 g/mol. The largest absolute Gasteiger partial charge is 0.497 e. The van der Waals surface area contributed by atoms with Gasteiger partial charge in [-0.2, -0.15) is 0 Å². The monoisotopic (exact) mass is 377 g/mol. The molecule has 0 aliphatic rings. The van der Waals surface area contributed by atoms with Crippen LogP contribution in [-0.2, 0) is 4.79 Å². The highest BCUT2D eigenvalue weighted by Crippen LogP contribution is 2.29. The minimum atomic E-state index is -0.190. The summed E-state index contributed by atoms with van der Waals surface area (Å²) in [5.74, 6) is 2.13. The van der Waals surface area contributed by atoms with Crippen molar-refractivity contribution in [3.8, 4) is 17.2 Å². The fourth-order valence-electron chi connectivity index (χ4n) is 2.52. The van der Waals surface area contributed by atoms with Gasteiger partial charge in [-0.25, -0.2) is 0 Å². The molecular weight excluding hydrogens is 354 g/mol. The van der Waals surface area contributed by atoms with E-state index in [0.29, 0.717) is 30.2 Å². The Hall–Kier alpha value is -2.40. The summed E-state index contributed by atoms with van der Waals surface area (Å²) < 4.78 is 16.2. The van der Waals surface area contributed by atoms with Gasteiger partial charge in [0, 0.05) is 17.0 Å². The molecule has 1 unspecified atom stereocenters. The molecule has 0 spiro atoms. The van der Waals surface area contributed by atoms with Crippen LogP contribution < -0.4 is 19.5 Å². The number of hydrogen-bond donors (Lipinski definition) is 1. The summed E-state index contributed by atoms with van der Waals surface area (Å²) >= 11 is 5.83. The molecule has 140 valence electrons. The second kappa shape index (κ2) is 9.92. The van der Waals surface area contributed by atoms with Crippen LogP contribution in [0.25, 0.3) is 0 Å². The third kappa shape index (κ3) is 5.85. The van der Waals surface area contributed by atoms with Crippen LogP contribution in [0.4, 0.5) is 0 Å². The predicted molar refractivity (Wildman–Crippen MR) is 102 cm³/mol. The molecule has 0 radical (unpaired) electrons. The van der Waals surface area contributed by atoms with Gasteiger partial charge in [0.25, 0.3) is 0 Å². The highest BCUT2D eigenvalue weighted by Gasteiger charge is 2.15. The maximum Gasteiger partial charge on any atom is 0.220 e. The molecule has 26 heavy (non-hydrogen) atoms. The number of carbonyl (C=O) groups is 1. The van der Waals surface area contributed by atoms with E-state index in [1.807, 2.05) is 25.1 Å². The van der Waals surface area contributed by atoms with E-state index in [0.717, 1.165) is 17.1 Å². The molecule has 0 heterocycles. The Labute approximate surface area is 159 Å². The van der Waals surface area contributed by atoms with Crippen molar-refractivity contribution in [2.24, 2.45) is 0 Å². The van der Waals surface area contributed by atoms with Crippen molar-refractivity contribution in [1.29, 1.82) is 0 Å². The highest BCUT2D eigenvalue weighted by molar-refractivity contribution is 6.30. The minimum Gasteiger partial charge on any atom is -0.497 e. The third-order valence-corrected chi connectivity index (χ3v) is 4.16. The molecule has 0 aromatic heterocycles. The van der Waals surface area contributed by atoms with Gasteiger partial charge in [-0.15, -0.1) is 0 Å². The van der Waals surface area contributed by atoms with Crippen LogP contribution in [0.5, 0.6) is 17.2 Å². The van der Waals surface area contributed by atoms with Crippen LogP contribution in [0.2, 0.25) is 5.02 Å². The number of nitrogens with one attached hydrogen (secondary N) is 1. The van der Waals surface area contributed by atoms with E-state index in [-0.39, 0.29) is 11.9 Å². The Morgan fingerprint density at radius 1 is 1.08 bits per heavy atom. The van der Waals surface area contributed by atoms with Gasteiger partial charge in [0.1, 0.15) is 17.2 Å². The second-order valence-electron chi connectivity index (χ2n) is 5.80. The first-order valence-electron chi connectivity index (χ1n) is 8.43. The van der Waals surface area contributed by atoms with E-state index in [1.165, 1.54) is 0 Å². The lowest BCUT2D eigenvalue weighted by molar-refractivity contribution is -0.121. The zero-order valence-corrected chi connectivity index (χ0v) is 16.0. The summed E-state index contributed by atoms with van der Waals surface area (Å²) in [4.78, 5) is 12.2. The molecule has 0 bridgehead atoms. The Kier molecular flexibility index (Phi) is 7.60. The van der Waals surface area contributed by atoms with Crippen molar-refractivity contribution < 1.29 is 19.0 Å². The first kappa shape index (κ1) is 19.9. The van der Waals surface area contributed by atoms with Crippen LogP contribution in [0.3, 0.4) is 0 Å². The van der Waals surface area contributed by atoms with Gasteiger partial charge < -0.3 is 19.5 Å². The van der Waals surface area contributed by atoms with Gasteiger partial charge in [-0.3, -0.25) is 4.79 Å². The minimum absolute atomic E-state index is 0.0397. The predicted octanol–water partition coefficient (Wildman–Crippen LogP) is 4.39. The normalized spacial score (nSPS) is 11.5. The lowest BCUT2D eigenvalue weighted by Gasteiger charge is -2.18. The van der Waals surface area contributed by atoms with Crippen molar-refractivity contribution in [2.45, 2.75) is 25.8 Å². The molecule has 0 saturated carbocycles. The molecule has 2 aromatic carbocycles. The fraction of sp³-hybridized carbons (Fsp3) is 0.350. The van der Waals surface area contributed by atoms with Crippen molar-refractivity contribution in [3.63, 3.8) is 0 Å². The molecule has 1 N–H and O–H groups in total. The molecule has 5 nitrogen and oxygen atoms in total. The Morgan fingerprint density at radius 2 is 1.77 bits per heavy atom. The molecule has 0 aliphatic carbocycles. The maximum atomic E-state index is 12.2. The molecule has 6 heteroatoms. The zero-order chi connectivity index (χ0) is 18.9. The van der Waals surface area contributed by atoms with Gasteiger partial charge in [0.2, 0.25) is 5.91 Å². The topological polar surface area (TPSA) is 56.8 Å². The van der Waals surface area contributed by atoms with E-state index in [4.69, 9.17) is 25.8 Å². The van der Waals surface area contributed by atoms with Crippen molar-refractivity contribution in [2.75, 3.05) is 20.8 Å². The third-order valence-electron chi connectivity index (χ3n) is 3.91. The summed E-state index contributed by atoms with van der Waals surface area (Å²) in [5.41, 5.74) is 0.873. The number of halogens is 1. The van der Waals surface area contributed by atoms with Gasteiger partial charge in [0.15, 0.2) is 0 Å². The van der Waals surface area contributed by atoms with Crippen molar-refractivity contribution in [1.82, 2.24) is 5.32 Å². The van der Waals surface area contributed by atoms with Crippen LogP contribution in [0.1, 0.15) is 31.4 Å². The number of ether oxygens (including phenoxy) is 3. The summed E-state index contributed by atoms with van der Waals surface area (Å²) in [7, 11) is 3.21. The Balaban J connectivity index is 1.80. The van der Waals surface area contributed by atoms with Crippen LogP contribution in [-0.4, -0.2) is 26.7 Å². The van der Waals surface area contributed by atoms with E-state index in [9.17, 15) is 4.79 Å². The molecule has 0 fully saturated rings. The molecule has 2 rings (SSSR count). The average Bonchev–Trinajstić information content (AvgIpc) is 2.66. The second-order valence-corrected chi connectivity index (χ2v) is 6.24. The number of rotatable bonds is 9. The van der Waals surface area contributed by atoms with E-state index in [2.05, 4.69) is 5.32 Å². The van der Waals surface area contributed by atoms with E-state index in [1.54, 1.807) is 38.5 Å². The fourth-order valence-corrected chi connectivity index (χ4v) is 2.65. The van der Waals surface area contributed by atoms with Gasteiger partial charge in [-0.1, -0.05) is 11.6 Å². The maximum absolute atomic E-state index is 12.2. The smallest absolute Gasteiger partial charge is 0.220 e. The number of benzene rings is 2. The van der Waals surface area contributed by atoms with Gasteiger partial charge in [-0.05, 0) is 55.8 Å². The van der Waals surface area contributed by atoms with Crippen molar-refractivity contribution >= 4 is 17.5 Å². The SMILES string of the molecule is COc1ccc(OC)c(C(C)NC(=O)CCCOc2ccc(Cl)cc2)c1.